The summed E-state index contributed by atoms with van der Waals surface area (Å²) in [4.78, 5) is 12.4. The second kappa shape index (κ2) is 8.23. The molecule has 1 heterocycles. The zero-order valence-corrected chi connectivity index (χ0v) is 16.3. The lowest BCUT2D eigenvalue weighted by Crippen LogP contribution is -2.13. The van der Waals surface area contributed by atoms with Gasteiger partial charge < -0.3 is 14.0 Å². The SMILES string of the molecule is Cc1cc(C(=O)OCCOc2cccc(Br)c2)c(C)n1-c1ccccc1. The first kappa shape index (κ1) is 18.3. The average molecular weight is 414 g/mol. The molecule has 0 amide bonds. The Morgan fingerprint density at radius 3 is 2.50 bits per heavy atom. The zero-order valence-electron chi connectivity index (χ0n) is 14.7. The number of aromatic nitrogens is 1. The Morgan fingerprint density at radius 1 is 1.00 bits per heavy atom. The van der Waals surface area contributed by atoms with Crippen molar-refractivity contribution in [3.63, 3.8) is 0 Å². The molecule has 26 heavy (non-hydrogen) atoms. The molecule has 0 aliphatic heterocycles. The van der Waals surface area contributed by atoms with E-state index in [0.29, 0.717) is 12.2 Å². The number of carbonyl (C=O) groups is 1. The number of rotatable bonds is 6. The lowest BCUT2D eigenvalue weighted by molar-refractivity contribution is 0.0449. The van der Waals surface area contributed by atoms with E-state index in [1.807, 2.05) is 74.5 Å². The molecule has 0 bridgehead atoms. The molecule has 0 aliphatic carbocycles. The molecule has 5 heteroatoms. The van der Waals surface area contributed by atoms with Crippen molar-refractivity contribution in [1.82, 2.24) is 4.57 Å². The van der Waals surface area contributed by atoms with Gasteiger partial charge in [-0.05, 0) is 50.2 Å². The lowest BCUT2D eigenvalue weighted by Gasteiger charge is -2.10. The summed E-state index contributed by atoms with van der Waals surface area (Å²) in [6.07, 6.45) is 0. The highest BCUT2D eigenvalue weighted by atomic mass is 79.9. The second-order valence-electron chi connectivity index (χ2n) is 5.90. The first-order chi connectivity index (χ1) is 12.6. The van der Waals surface area contributed by atoms with E-state index in [-0.39, 0.29) is 12.6 Å². The van der Waals surface area contributed by atoms with Crippen molar-refractivity contribution in [2.24, 2.45) is 0 Å². The fourth-order valence-corrected chi connectivity index (χ4v) is 3.25. The highest BCUT2D eigenvalue weighted by molar-refractivity contribution is 9.10. The van der Waals surface area contributed by atoms with Crippen molar-refractivity contribution in [3.8, 4) is 11.4 Å². The summed E-state index contributed by atoms with van der Waals surface area (Å²) in [5, 5.41) is 0. The maximum atomic E-state index is 12.4. The molecule has 0 saturated carbocycles. The largest absolute Gasteiger partial charge is 0.490 e. The van der Waals surface area contributed by atoms with Gasteiger partial charge in [0.25, 0.3) is 0 Å². The molecule has 0 radical (unpaired) electrons. The molecule has 0 fully saturated rings. The number of hydrogen-bond acceptors (Lipinski definition) is 3. The monoisotopic (exact) mass is 413 g/mol. The molecular formula is C21H20BrNO3. The van der Waals surface area contributed by atoms with Crippen LogP contribution in [0.2, 0.25) is 0 Å². The highest BCUT2D eigenvalue weighted by Crippen LogP contribution is 2.21. The van der Waals surface area contributed by atoms with Gasteiger partial charge in [-0.1, -0.05) is 40.2 Å². The first-order valence-electron chi connectivity index (χ1n) is 8.36. The number of aryl methyl sites for hydroxylation is 1. The minimum absolute atomic E-state index is 0.195. The van der Waals surface area contributed by atoms with Crippen LogP contribution in [-0.4, -0.2) is 23.8 Å². The molecule has 2 aromatic carbocycles. The number of carbonyl (C=O) groups excluding carboxylic acids is 1. The van der Waals surface area contributed by atoms with Crippen molar-refractivity contribution in [2.45, 2.75) is 13.8 Å². The smallest absolute Gasteiger partial charge is 0.340 e. The summed E-state index contributed by atoms with van der Waals surface area (Å²) < 4.78 is 14.0. The summed E-state index contributed by atoms with van der Waals surface area (Å²) in [5.74, 6) is 0.399. The van der Waals surface area contributed by atoms with Crippen LogP contribution < -0.4 is 4.74 Å². The van der Waals surface area contributed by atoms with E-state index < -0.39 is 0 Å². The topological polar surface area (TPSA) is 40.5 Å². The van der Waals surface area contributed by atoms with Crippen LogP contribution >= 0.6 is 15.9 Å². The predicted molar refractivity (Wildman–Crippen MR) is 105 cm³/mol. The molecular weight excluding hydrogens is 394 g/mol. The molecule has 3 rings (SSSR count). The van der Waals surface area contributed by atoms with Crippen LogP contribution in [-0.2, 0) is 4.74 Å². The molecule has 0 unspecified atom stereocenters. The molecule has 3 aromatic rings. The molecule has 134 valence electrons. The Kier molecular flexibility index (Phi) is 5.78. The Hall–Kier alpha value is -2.53. The van der Waals surface area contributed by atoms with E-state index >= 15 is 0 Å². The third kappa shape index (κ3) is 4.17. The Morgan fingerprint density at radius 2 is 1.77 bits per heavy atom. The van der Waals surface area contributed by atoms with Gasteiger partial charge in [-0.2, -0.15) is 0 Å². The minimum atomic E-state index is -0.335. The second-order valence-corrected chi connectivity index (χ2v) is 6.81. The van der Waals surface area contributed by atoms with E-state index in [2.05, 4.69) is 20.5 Å². The maximum Gasteiger partial charge on any atom is 0.340 e. The third-order valence-electron chi connectivity index (χ3n) is 4.05. The molecule has 1 aromatic heterocycles. The summed E-state index contributed by atoms with van der Waals surface area (Å²) in [6.45, 7) is 4.40. The molecule has 0 saturated heterocycles. The maximum absolute atomic E-state index is 12.4. The number of para-hydroxylation sites is 1. The standard InChI is InChI=1S/C21H20BrNO3/c1-15-13-20(16(2)23(15)18-8-4-3-5-9-18)21(24)26-12-11-25-19-10-6-7-17(22)14-19/h3-10,13-14H,11-12H2,1-2H3. The van der Waals surface area contributed by atoms with Crippen molar-refractivity contribution in [2.75, 3.05) is 13.2 Å². The van der Waals surface area contributed by atoms with E-state index in [0.717, 1.165) is 27.3 Å². The van der Waals surface area contributed by atoms with E-state index in [9.17, 15) is 4.79 Å². The van der Waals surface area contributed by atoms with E-state index in [1.54, 1.807) is 0 Å². The lowest BCUT2D eigenvalue weighted by atomic mass is 10.2. The summed E-state index contributed by atoms with van der Waals surface area (Å²) in [7, 11) is 0. The van der Waals surface area contributed by atoms with Gasteiger partial charge in [0.15, 0.2) is 0 Å². The molecule has 0 atom stereocenters. The zero-order chi connectivity index (χ0) is 18.5. The van der Waals surface area contributed by atoms with Gasteiger partial charge in [0.1, 0.15) is 19.0 Å². The van der Waals surface area contributed by atoms with Gasteiger partial charge >= 0.3 is 5.97 Å². The number of nitrogens with zero attached hydrogens (tertiary/aromatic N) is 1. The van der Waals surface area contributed by atoms with E-state index in [4.69, 9.17) is 9.47 Å². The van der Waals surface area contributed by atoms with Crippen LogP contribution in [0.25, 0.3) is 5.69 Å². The minimum Gasteiger partial charge on any atom is -0.490 e. The van der Waals surface area contributed by atoms with Crippen LogP contribution in [0.1, 0.15) is 21.7 Å². The summed E-state index contributed by atoms with van der Waals surface area (Å²) >= 11 is 3.39. The number of ether oxygens (including phenoxy) is 2. The Bertz CT molecular complexity index is 903. The van der Waals surface area contributed by atoms with Gasteiger partial charge in [-0.25, -0.2) is 4.79 Å². The van der Waals surface area contributed by atoms with Crippen molar-refractivity contribution in [3.05, 3.63) is 82.1 Å². The van der Waals surface area contributed by atoms with Crippen LogP contribution in [0.4, 0.5) is 0 Å². The first-order valence-corrected chi connectivity index (χ1v) is 9.15. The van der Waals surface area contributed by atoms with Gasteiger partial charge in [0.05, 0.1) is 5.56 Å². The van der Waals surface area contributed by atoms with Crippen molar-refractivity contribution < 1.29 is 14.3 Å². The fourth-order valence-electron chi connectivity index (χ4n) is 2.87. The summed E-state index contributed by atoms with van der Waals surface area (Å²) in [6, 6.07) is 19.4. The Labute approximate surface area is 161 Å². The number of halogens is 1. The fraction of sp³-hybridized carbons (Fsp3) is 0.190. The Balaban J connectivity index is 1.62. The number of hydrogen-bond donors (Lipinski definition) is 0. The normalized spacial score (nSPS) is 10.6. The number of benzene rings is 2. The molecule has 0 N–H and O–H groups in total. The van der Waals surface area contributed by atoms with Crippen LogP contribution in [0.5, 0.6) is 5.75 Å². The predicted octanol–water partition coefficient (Wildman–Crippen LogP) is 5.09. The van der Waals surface area contributed by atoms with Crippen LogP contribution in [0.3, 0.4) is 0 Å². The third-order valence-corrected chi connectivity index (χ3v) is 4.54. The van der Waals surface area contributed by atoms with Gasteiger partial charge in [-0.3, -0.25) is 0 Å². The summed E-state index contributed by atoms with van der Waals surface area (Å²) in [5.41, 5.74) is 3.46. The molecule has 0 aliphatic rings. The van der Waals surface area contributed by atoms with Crippen LogP contribution in [0.15, 0.2) is 65.1 Å². The molecule has 4 nitrogen and oxygen atoms in total. The van der Waals surface area contributed by atoms with Crippen molar-refractivity contribution in [1.29, 1.82) is 0 Å². The molecule has 0 spiro atoms. The average Bonchev–Trinajstić information content (AvgIpc) is 2.94. The van der Waals surface area contributed by atoms with E-state index in [1.165, 1.54) is 0 Å². The van der Waals surface area contributed by atoms with Gasteiger partial charge in [0.2, 0.25) is 0 Å². The van der Waals surface area contributed by atoms with Gasteiger partial charge in [-0.15, -0.1) is 0 Å². The highest BCUT2D eigenvalue weighted by Gasteiger charge is 2.17. The van der Waals surface area contributed by atoms with Gasteiger partial charge in [0, 0.05) is 21.5 Å². The number of esters is 1. The van der Waals surface area contributed by atoms with Crippen molar-refractivity contribution >= 4 is 21.9 Å². The quantitative estimate of drug-likeness (QED) is 0.417. The van der Waals surface area contributed by atoms with Crippen LogP contribution in [0, 0.1) is 13.8 Å².